The molecule has 0 unspecified atom stereocenters. The van der Waals surface area contributed by atoms with Gasteiger partial charge in [0.2, 0.25) is 0 Å². The summed E-state index contributed by atoms with van der Waals surface area (Å²) in [6.07, 6.45) is 2.32. The van der Waals surface area contributed by atoms with Crippen LogP contribution in [0.15, 0.2) is 24.4 Å². The molecule has 2 N–H and O–H groups in total. The Bertz CT molecular complexity index is 1040. The highest BCUT2D eigenvalue weighted by atomic mass is 19.1. The van der Waals surface area contributed by atoms with Crippen LogP contribution in [0.4, 0.5) is 10.1 Å². The highest BCUT2D eigenvalue weighted by molar-refractivity contribution is 6.06. The van der Waals surface area contributed by atoms with Crippen molar-refractivity contribution in [1.29, 1.82) is 0 Å². The first-order chi connectivity index (χ1) is 13.0. The van der Waals surface area contributed by atoms with Gasteiger partial charge in [-0.2, -0.15) is 5.10 Å². The van der Waals surface area contributed by atoms with Crippen LogP contribution in [0.5, 0.6) is 0 Å². The molecule has 0 fully saturated rings. The van der Waals surface area contributed by atoms with Crippen LogP contribution in [0.2, 0.25) is 0 Å². The van der Waals surface area contributed by atoms with E-state index < -0.39 is 0 Å². The van der Waals surface area contributed by atoms with Gasteiger partial charge in [-0.25, -0.2) is 14.1 Å². The fourth-order valence-corrected chi connectivity index (χ4v) is 3.49. The van der Waals surface area contributed by atoms with Gasteiger partial charge in [-0.3, -0.25) is 4.79 Å². The maximum absolute atomic E-state index is 14.8. The summed E-state index contributed by atoms with van der Waals surface area (Å²) >= 11 is 0. The third kappa shape index (κ3) is 3.08. The Morgan fingerprint density at radius 2 is 2.19 bits per heavy atom. The van der Waals surface area contributed by atoms with E-state index in [1.54, 1.807) is 25.3 Å². The van der Waals surface area contributed by atoms with E-state index in [2.05, 4.69) is 20.7 Å². The number of hydrogen-bond acceptors (Lipinski definition) is 4. The zero-order valence-electron chi connectivity index (χ0n) is 15.6. The number of benzene rings is 1. The molecule has 3 aromatic rings. The van der Waals surface area contributed by atoms with Gasteiger partial charge >= 0.3 is 0 Å². The van der Waals surface area contributed by atoms with E-state index in [4.69, 9.17) is 0 Å². The lowest BCUT2D eigenvalue weighted by Crippen LogP contribution is -2.25. The zero-order chi connectivity index (χ0) is 19.1. The van der Waals surface area contributed by atoms with E-state index in [-0.39, 0.29) is 23.5 Å². The third-order valence-corrected chi connectivity index (χ3v) is 4.95. The van der Waals surface area contributed by atoms with Crippen LogP contribution in [0, 0.1) is 12.7 Å². The van der Waals surface area contributed by atoms with Crippen molar-refractivity contribution in [3.63, 3.8) is 0 Å². The van der Waals surface area contributed by atoms with Gasteiger partial charge in [0, 0.05) is 18.0 Å². The Labute approximate surface area is 156 Å². The minimum absolute atomic E-state index is 0.174. The van der Waals surface area contributed by atoms with Crippen molar-refractivity contribution in [1.82, 2.24) is 20.1 Å². The first-order valence-electron chi connectivity index (χ1n) is 9.13. The number of pyridine rings is 1. The highest BCUT2D eigenvalue weighted by Crippen LogP contribution is 2.26. The van der Waals surface area contributed by atoms with Gasteiger partial charge in [0.15, 0.2) is 5.65 Å². The van der Waals surface area contributed by atoms with Gasteiger partial charge in [0.05, 0.1) is 23.1 Å². The average Bonchev–Trinajstić information content (AvgIpc) is 3.06. The summed E-state index contributed by atoms with van der Waals surface area (Å²) in [7, 11) is 0. The van der Waals surface area contributed by atoms with E-state index in [0.29, 0.717) is 29.8 Å². The molecule has 0 saturated heterocycles. The average molecular weight is 367 g/mol. The number of fused-ring (bicyclic) bond motifs is 2. The van der Waals surface area contributed by atoms with Crippen LogP contribution in [-0.4, -0.2) is 27.2 Å². The van der Waals surface area contributed by atoms with Crippen LogP contribution in [0.25, 0.3) is 11.0 Å². The standard InChI is InChI=1S/C20H22FN5O/c1-11(2)26-19-14(10-23-26)8-16(12(3)24-19)20(27)25-17-5-4-13-9-22-7-6-15(13)18(17)21/h4-5,8,10-11,22H,6-7,9H2,1-3H3,(H,25,27). The van der Waals surface area contributed by atoms with Gasteiger partial charge < -0.3 is 10.6 Å². The molecule has 2 aromatic heterocycles. The molecule has 6 nitrogen and oxygen atoms in total. The fraction of sp³-hybridized carbons (Fsp3) is 0.350. The lowest BCUT2D eigenvalue weighted by Gasteiger charge is -2.19. The van der Waals surface area contributed by atoms with E-state index >= 15 is 0 Å². The molecule has 0 bridgehead atoms. The molecule has 0 spiro atoms. The number of halogens is 1. The zero-order valence-corrected chi connectivity index (χ0v) is 15.6. The lowest BCUT2D eigenvalue weighted by molar-refractivity contribution is 0.102. The number of anilines is 1. The van der Waals surface area contributed by atoms with Crippen molar-refractivity contribution >= 4 is 22.6 Å². The van der Waals surface area contributed by atoms with Gasteiger partial charge in [-0.05, 0) is 57.0 Å². The molecule has 1 aliphatic heterocycles. The van der Waals surface area contributed by atoms with Crippen molar-refractivity contribution in [2.24, 2.45) is 0 Å². The molecule has 7 heteroatoms. The van der Waals surface area contributed by atoms with E-state index in [1.807, 2.05) is 24.6 Å². The second-order valence-electron chi connectivity index (χ2n) is 7.16. The van der Waals surface area contributed by atoms with Crippen LogP contribution in [-0.2, 0) is 13.0 Å². The van der Waals surface area contributed by atoms with Gasteiger partial charge in [-0.1, -0.05) is 6.07 Å². The first-order valence-corrected chi connectivity index (χ1v) is 9.13. The Hall–Kier alpha value is -2.80. The summed E-state index contributed by atoms with van der Waals surface area (Å²) < 4.78 is 16.6. The molecular weight excluding hydrogens is 345 g/mol. The molecular formula is C20H22FN5O. The van der Waals surface area contributed by atoms with E-state index in [1.165, 1.54) is 0 Å². The smallest absolute Gasteiger partial charge is 0.257 e. The van der Waals surface area contributed by atoms with Crippen LogP contribution >= 0.6 is 0 Å². The Balaban J connectivity index is 1.66. The maximum Gasteiger partial charge on any atom is 0.257 e. The number of aryl methyl sites for hydroxylation is 1. The Kier molecular flexibility index (Phi) is 4.39. The van der Waals surface area contributed by atoms with Crippen molar-refractivity contribution in [2.45, 2.75) is 39.8 Å². The Morgan fingerprint density at radius 1 is 1.37 bits per heavy atom. The molecule has 0 saturated carbocycles. The molecule has 0 atom stereocenters. The third-order valence-electron chi connectivity index (χ3n) is 4.95. The SMILES string of the molecule is Cc1nc2c(cnn2C(C)C)cc1C(=O)Nc1ccc2c(c1F)CCNC2. The predicted molar refractivity (Wildman–Crippen MR) is 102 cm³/mol. The molecule has 4 rings (SSSR count). The minimum atomic E-state index is -0.369. The van der Waals surface area contributed by atoms with Gasteiger partial charge in [0.25, 0.3) is 5.91 Å². The number of carbonyl (C=O) groups excluding carboxylic acids is 1. The molecule has 1 amide bonds. The number of amides is 1. The van der Waals surface area contributed by atoms with Crippen molar-refractivity contribution < 1.29 is 9.18 Å². The maximum atomic E-state index is 14.8. The summed E-state index contributed by atoms with van der Waals surface area (Å²) in [4.78, 5) is 17.3. The Morgan fingerprint density at radius 3 is 2.96 bits per heavy atom. The highest BCUT2D eigenvalue weighted by Gasteiger charge is 2.20. The van der Waals surface area contributed by atoms with E-state index in [9.17, 15) is 9.18 Å². The second kappa shape index (κ2) is 6.74. The number of hydrogen-bond donors (Lipinski definition) is 2. The number of aromatic nitrogens is 3. The van der Waals surface area contributed by atoms with E-state index in [0.717, 1.165) is 23.1 Å². The minimum Gasteiger partial charge on any atom is -0.319 e. The molecule has 27 heavy (non-hydrogen) atoms. The molecule has 1 aromatic carbocycles. The molecule has 0 radical (unpaired) electrons. The fourth-order valence-electron chi connectivity index (χ4n) is 3.49. The molecule has 3 heterocycles. The number of nitrogens with one attached hydrogen (secondary N) is 2. The van der Waals surface area contributed by atoms with Crippen molar-refractivity contribution in [3.8, 4) is 0 Å². The van der Waals surface area contributed by atoms with Crippen molar-refractivity contribution in [2.75, 3.05) is 11.9 Å². The summed E-state index contributed by atoms with van der Waals surface area (Å²) in [6.45, 7) is 7.22. The number of carbonyl (C=O) groups is 1. The van der Waals surface area contributed by atoms with Crippen LogP contribution in [0.1, 0.15) is 47.1 Å². The first kappa shape index (κ1) is 17.6. The monoisotopic (exact) mass is 367 g/mol. The molecule has 0 aliphatic carbocycles. The number of nitrogens with zero attached hydrogens (tertiary/aromatic N) is 3. The van der Waals surface area contributed by atoms with Crippen molar-refractivity contribution in [3.05, 3.63) is 52.6 Å². The number of rotatable bonds is 3. The molecule has 140 valence electrons. The summed E-state index contributed by atoms with van der Waals surface area (Å²) in [5.41, 5.74) is 3.58. The summed E-state index contributed by atoms with van der Waals surface area (Å²) in [5.74, 6) is -0.714. The van der Waals surface area contributed by atoms with Gasteiger partial charge in [-0.15, -0.1) is 0 Å². The quantitative estimate of drug-likeness (QED) is 0.745. The van der Waals surface area contributed by atoms with Crippen LogP contribution < -0.4 is 10.6 Å². The largest absolute Gasteiger partial charge is 0.319 e. The second-order valence-corrected chi connectivity index (χ2v) is 7.16. The summed E-state index contributed by atoms with van der Waals surface area (Å²) in [5, 5.41) is 11.1. The van der Waals surface area contributed by atoms with Crippen LogP contribution in [0.3, 0.4) is 0 Å². The lowest BCUT2D eigenvalue weighted by atomic mass is 9.99. The van der Waals surface area contributed by atoms with Gasteiger partial charge in [0.1, 0.15) is 5.82 Å². The molecule has 1 aliphatic rings. The predicted octanol–water partition coefficient (Wildman–Crippen LogP) is 3.36. The topological polar surface area (TPSA) is 71.8 Å². The normalized spacial score (nSPS) is 13.8. The summed E-state index contributed by atoms with van der Waals surface area (Å²) in [6, 6.07) is 5.42.